The summed E-state index contributed by atoms with van der Waals surface area (Å²) in [4.78, 5) is 12.9. The summed E-state index contributed by atoms with van der Waals surface area (Å²) in [5.41, 5.74) is 0.891. The minimum absolute atomic E-state index is 0.0699. The van der Waals surface area contributed by atoms with Crippen LogP contribution < -0.4 is 14.4 Å². The summed E-state index contributed by atoms with van der Waals surface area (Å²) >= 11 is 11.8. The largest absolute Gasteiger partial charge is 0.476 e. The lowest BCUT2D eigenvalue weighted by Gasteiger charge is -2.34. The molecule has 0 aliphatic carbocycles. The SMILES string of the molecule is O=C(Nc1ccc(Cl)cc1)C1CN(S(=O)(=O)c2ccc(Cl)cc2)c2ccccc2O1. The number of carbonyl (C=O) groups is 1. The van der Waals surface area contributed by atoms with Crippen LogP contribution in [0, 0.1) is 0 Å². The van der Waals surface area contributed by atoms with Crippen LogP contribution in [0.5, 0.6) is 5.75 Å². The molecule has 1 N–H and O–H groups in total. The average molecular weight is 463 g/mol. The Hall–Kier alpha value is -2.74. The maximum absolute atomic E-state index is 13.3. The van der Waals surface area contributed by atoms with E-state index in [2.05, 4.69) is 5.32 Å². The number of rotatable bonds is 4. The molecule has 4 rings (SSSR count). The van der Waals surface area contributed by atoms with E-state index in [0.717, 1.165) is 0 Å². The van der Waals surface area contributed by atoms with Crippen LogP contribution in [0.15, 0.2) is 77.7 Å². The lowest BCUT2D eigenvalue weighted by Crippen LogP contribution is -2.48. The van der Waals surface area contributed by atoms with E-state index < -0.39 is 22.0 Å². The molecule has 1 unspecified atom stereocenters. The van der Waals surface area contributed by atoms with Crippen molar-refractivity contribution in [2.75, 3.05) is 16.2 Å². The number of amides is 1. The van der Waals surface area contributed by atoms with Gasteiger partial charge in [-0.1, -0.05) is 35.3 Å². The highest BCUT2D eigenvalue weighted by Gasteiger charge is 2.37. The number of anilines is 2. The van der Waals surface area contributed by atoms with Gasteiger partial charge in [-0.3, -0.25) is 9.10 Å². The molecule has 1 aliphatic rings. The quantitative estimate of drug-likeness (QED) is 0.614. The molecule has 3 aromatic carbocycles. The standard InChI is InChI=1S/C21H16Cl2N2O4S/c22-14-5-9-16(10-6-14)24-21(26)20-13-25(18-3-1-2-4-19(18)29-20)30(27,28)17-11-7-15(23)8-12-17/h1-12,20H,13H2,(H,24,26). The molecule has 154 valence electrons. The molecular formula is C21H16Cl2N2O4S. The van der Waals surface area contributed by atoms with Crippen molar-refractivity contribution in [3.8, 4) is 5.75 Å². The highest BCUT2D eigenvalue weighted by atomic mass is 35.5. The zero-order chi connectivity index (χ0) is 21.3. The Kier molecular flexibility index (Phi) is 5.60. The first-order valence-electron chi connectivity index (χ1n) is 8.95. The van der Waals surface area contributed by atoms with Gasteiger partial charge in [-0.05, 0) is 60.7 Å². The molecule has 0 fully saturated rings. The summed E-state index contributed by atoms with van der Waals surface area (Å²) in [6.07, 6.45) is -1.04. The fourth-order valence-electron chi connectivity index (χ4n) is 3.06. The Balaban J connectivity index is 1.66. The second kappa shape index (κ2) is 8.18. The zero-order valence-electron chi connectivity index (χ0n) is 15.5. The molecule has 0 saturated heterocycles. The van der Waals surface area contributed by atoms with Gasteiger partial charge in [0, 0.05) is 15.7 Å². The second-order valence-corrected chi connectivity index (χ2v) is 9.30. The molecular weight excluding hydrogens is 447 g/mol. The van der Waals surface area contributed by atoms with Crippen molar-refractivity contribution < 1.29 is 17.9 Å². The van der Waals surface area contributed by atoms with Crippen LogP contribution in [0.4, 0.5) is 11.4 Å². The summed E-state index contributed by atoms with van der Waals surface area (Å²) in [7, 11) is -3.94. The van der Waals surface area contributed by atoms with Gasteiger partial charge in [-0.2, -0.15) is 0 Å². The zero-order valence-corrected chi connectivity index (χ0v) is 17.8. The van der Waals surface area contributed by atoms with Gasteiger partial charge in [0.05, 0.1) is 17.1 Å². The highest BCUT2D eigenvalue weighted by Crippen LogP contribution is 2.37. The Labute approximate surface area is 184 Å². The van der Waals surface area contributed by atoms with Crippen LogP contribution in [-0.4, -0.2) is 27.0 Å². The number of carbonyl (C=O) groups excluding carboxylic acids is 1. The first-order valence-corrected chi connectivity index (χ1v) is 11.1. The summed E-state index contributed by atoms with van der Waals surface area (Å²) in [5, 5.41) is 3.69. The first kappa shape index (κ1) is 20.5. The van der Waals surface area contributed by atoms with Crippen LogP contribution in [0.3, 0.4) is 0 Å². The van der Waals surface area contributed by atoms with E-state index in [1.54, 1.807) is 48.5 Å². The van der Waals surface area contributed by atoms with Gasteiger partial charge in [0.15, 0.2) is 6.10 Å². The van der Waals surface area contributed by atoms with E-state index >= 15 is 0 Å². The number of fused-ring (bicyclic) bond motifs is 1. The molecule has 0 bridgehead atoms. The van der Waals surface area contributed by atoms with Crippen LogP contribution in [0.1, 0.15) is 0 Å². The molecule has 3 aromatic rings. The summed E-state index contributed by atoms with van der Waals surface area (Å²) in [6, 6.07) is 19.1. The van der Waals surface area contributed by atoms with E-state index in [1.807, 2.05) is 0 Å². The van der Waals surface area contributed by atoms with Crippen molar-refractivity contribution in [3.05, 3.63) is 82.8 Å². The molecule has 6 nitrogen and oxygen atoms in total. The number of para-hydroxylation sites is 2. The third-order valence-electron chi connectivity index (χ3n) is 4.54. The van der Waals surface area contributed by atoms with E-state index in [0.29, 0.717) is 27.2 Å². The van der Waals surface area contributed by atoms with Gasteiger partial charge in [-0.15, -0.1) is 0 Å². The number of hydrogen-bond acceptors (Lipinski definition) is 4. The minimum Gasteiger partial charge on any atom is -0.476 e. The second-order valence-electron chi connectivity index (χ2n) is 6.56. The number of nitrogens with zero attached hydrogens (tertiary/aromatic N) is 1. The van der Waals surface area contributed by atoms with Gasteiger partial charge in [0.1, 0.15) is 5.75 Å². The van der Waals surface area contributed by atoms with Crippen LogP contribution in [0.2, 0.25) is 10.0 Å². The van der Waals surface area contributed by atoms with Gasteiger partial charge in [0.25, 0.3) is 15.9 Å². The number of nitrogens with one attached hydrogen (secondary N) is 1. The van der Waals surface area contributed by atoms with E-state index in [-0.39, 0.29) is 11.4 Å². The smallest absolute Gasteiger partial charge is 0.267 e. The van der Waals surface area contributed by atoms with Crippen molar-refractivity contribution in [2.24, 2.45) is 0 Å². The molecule has 0 spiro atoms. The molecule has 30 heavy (non-hydrogen) atoms. The Bertz CT molecular complexity index is 1180. The van der Waals surface area contributed by atoms with Crippen LogP contribution >= 0.6 is 23.2 Å². The normalized spacial score (nSPS) is 15.8. The average Bonchev–Trinajstić information content (AvgIpc) is 2.74. The molecule has 0 radical (unpaired) electrons. The molecule has 1 heterocycles. The lowest BCUT2D eigenvalue weighted by molar-refractivity contribution is -0.122. The molecule has 1 aliphatic heterocycles. The summed E-state index contributed by atoms with van der Waals surface area (Å²) in [5.74, 6) is -0.166. The van der Waals surface area contributed by atoms with Crippen molar-refractivity contribution in [1.82, 2.24) is 0 Å². The molecule has 9 heteroatoms. The van der Waals surface area contributed by atoms with Gasteiger partial charge < -0.3 is 10.1 Å². The maximum atomic E-state index is 13.3. The molecule has 1 amide bonds. The number of hydrogen-bond donors (Lipinski definition) is 1. The van der Waals surface area contributed by atoms with Crippen LogP contribution in [-0.2, 0) is 14.8 Å². The minimum atomic E-state index is -3.94. The third kappa shape index (κ3) is 4.09. The fraction of sp³-hybridized carbons (Fsp3) is 0.0952. The lowest BCUT2D eigenvalue weighted by atomic mass is 10.2. The Morgan fingerprint density at radius 3 is 2.20 bits per heavy atom. The van der Waals surface area contributed by atoms with Crippen LogP contribution in [0.25, 0.3) is 0 Å². The third-order valence-corrected chi connectivity index (χ3v) is 6.84. The van der Waals surface area contributed by atoms with Gasteiger partial charge in [-0.25, -0.2) is 8.42 Å². The number of sulfonamides is 1. The first-order chi connectivity index (χ1) is 14.3. The highest BCUT2D eigenvalue weighted by molar-refractivity contribution is 7.92. The van der Waals surface area contributed by atoms with E-state index in [1.165, 1.54) is 28.6 Å². The van der Waals surface area contributed by atoms with E-state index in [9.17, 15) is 13.2 Å². The Morgan fingerprint density at radius 1 is 0.933 bits per heavy atom. The number of ether oxygens (including phenoxy) is 1. The maximum Gasteiger partial charge on any atom is 0.267 e. The van der Waals surface area contributed by atoms with E-state index in [4.69, 9.17) is 27.9 Å². The predicted molar refractivity (Wildman–Crippen MR) is 117 cm³/mol. The summed E-state index contributed by atoms with van der Waals surface area (Å²) < 4.78 is 33.6. The fourth-order valence-corrected chi connectivity index (χ4v) is 4.78. The van der Waals surface area contributed by atoms with Crippen molar-refractivity contribution in [3.63, 3.8) is 0 Å². The molecule has 0 aromatic heterocycles. The van der Waals surface area contributed by atoms with Crippen molar-refractivity contribution in [2.45, 2.75) is 11.0 Å². The molecule has 1 atom stereocenters. The monoisotopic (exact) mass is 462 g/mol. The molecule has 0 saturated carbocycles. The summed E-state index contributed by atoms with van der Waals surface area (Å²) in [6.45, 7) is -0.179. The number of halogens is 2. The van der Waals surface area contributed by atoms with Gasteiger partial charge >= 0.3 is 0 Å². The predicted octanol–water partition coefficient (Wildman–Crippen LogP) is 4.59. The Morgan fingerprint density at radius 2 is 1.53 bits per heavy atom. The topological polar surface area (TPSA) is 75.7 Å². The van der Waals surface area contributed by atoms with Gasteiger partial charge in [0.2, 0.25) is 0 Å². The number of benzene rings is 3. The van der Waals surface area contributed by atoms with Crippen molar-refractivity contribution in [1.29, 1.82) is 0 Å². The van der Waals surface area contributed by atoms with Crippen molar-refractivity contribution >= 4 is 50.5 Å².